The number of thiazole rings is 1. The first-order valence-electron chi connectivity index (χ1n) is 2.98. The lowest BCUT2D eigenvalue weighted by molar-refractivity contribution is 0.772. The predicted molar refractivity (Wildman–Crippen MR) is 43.4 cm³/mol. The Bertz CT molecular complexity index is 284. The maximum atomic E-state index is 10.9. The van der Waals surface area contributed by atoms with Crippen LogP contribution >= 0.6 is 11.3 Å². The van der Waals surface area contributed by atoms with E-state index in [0.29, 0.717) is 6.54 Å². The van der Waals surface area contributed by atoms with Crippen molar-refractivity contribution in [2.75, 3.05) is 0 Å². The predicted octanol–water partition coefficient (Wildman–Crippen LogP) is 1.49. The van der Waals surface area contributed by atoms with Crippen molar-refractivity contribution in [3.8, 4) is 0 Å². The maximum Gasteiger partial charge on any atom is 0.307 e. The monoisotopic (exact) mass is 155 g/mol. The van der Waals surface area contributed by atoms with Crippen LogP contribution in [0.25, 0.3) is 0 Å². The zero-order chi connectivity index (χ0) is 7.56. The lowest BCUT2D eigenvalue weighted by Gasteiger charge is -1.96. The van der Waals surface area contributed by atoms with Crippen molar-refractivity contribution in [2.24, 2.45) is 0 Å². The molecule has 1 aromatic heterocycles. The fourth-order valence-corrected chi connectivity index (χ4v) is 1.28. The minimum absolute atomic E-state index is 0.0861. The van der Waals surface area contributed by atoms with Crippen LogP contribution in [0, 0.1) is 0 Å². The molecule has 0 bridgehead atoms. The van der Waals surface area contributed by atoms with Gasteiger partial charge < -0.3 is 4.57 Å². The van der Waals surface area contributed by atoms with Crippen molar-refractivity contribution < 1.29 is 0 Å². The molecule has 0 radical (unpaired) electrons. The highest BCUT2D eigenvalue weighted by molar-refractivity contribution is 7.07. The zero-order valence-electron chi connectivity index (χ0n) is 5.83. The third-order valence-corrected chi connectivity index (χ3v) is 1.78. The second-order valence-corrected chi connectivity index (χ2v) is 3.11. The molecule has 0 saturated carbocycles. The largest absolute Gasteiger partial charge is 0.307 e. The average molecular weight is 155 g/mol. The number of hydrogen-bond acceptors (Lipinski definition) is 2. The quantitative estimate of drug-likeness (QED) is 0.593. The normalized spacial score (nSPS) is 9.70. The van der Waals surface area contributed by atoms with E-state index in [2.05, 4.69) is 6.58 Å². The minimum atomic E-state index is 0.0861. The van der Waals surface area contributed by atoms with Crippen molar-refractivity contribution in [2.45, 2.75) is 13.5 Å². The van der Waals surface area contributed by atoms with E-state index in [0.717, 1.165) is 5.57 Å². The van der Waals surface area contributed by atoms with E-state index >= 15 is 0 Å². The van der Waals surface area contributed by atoms with Gasteiger partial charge in [0, 0.05) is 18.1 Å². The number of allylic oxidation sites excluding steroid dienone is 1. The topological polar surface area (TPSA) is 22.0 Å². The van der Waals surface area contributed by atoms with Gasteiger partial charge >= 0.3 is 4.87 Å². The van der Waals surface area contributed by atoms with Crippen LogP contribution in [0.2, 0.25) is 0 Å². The molecule has 0 aliphatic rings. The van der Waals surface area contributed by atoms with Gasteiger partial charge in [-0.2, -0.15) is 0 Å². The van der Waals surface area contributed by atoms with Gasteiger partial charge in [-0.15, -0.1) is 0 Å². The summed E-state index contributed by atoms with van der Waals surface area (Å²) in [6.45, 7) is 6.26. The molecule has 1 aromatic rings. The summed E-state index contributed by atoms with van der Waals surface area (Å²) in [4.78, 5) is 11.0. The standard InChI is InChI=1S/C7H9NOS/c1-6(2)5-8-3-4-10-7(8)9/h3-4H,1,5H2,2H3. The Hall–Kier alpha value is -0.830. The zero-order valence-corrected chi connectivity index (χ0v) is 6.65. The molecular formula is C7H9NOS. The van der Waals surface area contributed by atoms with Gasteiger partial charge in [0.05, 0.1) is 0 Å². The summed E-state index contributed by atoms with van der Waals surface area (Å²) >= 11 is 1.21. The van der Waals surface area contributed by atoms with E-state index in [-0.39, 0.29) is 4.87 Å². The van der Waals surface area contributed by atoms with Gasteiger partial charge in [-0.1, -0.05) is 23.5 Å². The third-order valence-electron chi connectivity index (χ3n) is 1.08. The van der Waals surface area contributed by atoms with Crippen molar-refractivity contribution in [3.63, 3.8) is 0 Å². The molecule has 1 rings (SSSR count). The highest BCUT2D eigenvalue weighted by atomic mass is 32.1. The molecule has 0 aliphatic heterocycles. The average Bonchev–Trinajstić information content (AvgIpc) is 2.15. The van der Waals surface area contributed by atoms with Crippen LogP contribution in [-0.4, -0.2) is 4.57 Å². The molecule has 0 fully saturated rings. The van der Waals surface area contributed by atoms with Crippen LogP contribution in [0.15, 0.2) is 28.5 Å². The van der Waals surface area contributed by atoms with Crippen LogP contribution in [0.3, 0.4) is 0 Å². The molecule has 0 atom stereocenters. The molecule has 0 N–H and O–H groups in total. The molecule has 3 heteroatoms. The van der Waals surface area contributed by atoms with Crippen molar-refractivity contribution in [1.29, 1.82) is 0 Å². The van der Waals surface area contributed by atoms with E-state index in [9.17, 15) is 4.79 Å². The summed E-state index contributed by atoms with van der Waals surface area (Å²) in [5, 5.41) is 1.78. The molecule has 0 saturated heterocycles. The Morgan fingerprint density at radius 3 is 3.00 bits per heavy atom. The van der Waals surface area contributed by atoms with Crippen LogP contribution in [0.4, 0.5) is 0 Å². The summed E-state index contributed by atoms with van der Waals surface area (Å²) in [6, 6.07) is 0. The van der Waals surface area contributed by atoms with E-state index in [4.69, 9.17) is 0 Å². The minimum Gasteiger partial charge on any atom is -0.302 e. The van der Waals surface area contributed by atoms with Gasteiger partial charge in [-0.3, -0.25) is 4.79 Å². The first-order chi connectivity index (χ1) is 4.70. The summed E-state index contributed by atoms with van der Waals surface area (Å²) in [5.41, 5.74) is 1.00. The molecule has 0 spiro atoms. The highest BCUT2D eigenvalue weighted by Crippen LogP contribution is 1.94. The molecule has 10 heavy (non-hydrogen) atoms. The van der Waals surface area contributed by atoms with Gasteiger partial charge in [-0.25, -0.2) is 0 Å². The molecule has 0 aliphatic carbocycles. The van der Waals surface area contributed by atoms with Crippen LogP contribution in [-0.2, 0) is 6.54 Å². The lowest BCUT2D eigenvalue weighted by Crippen LogP contribution is -2.11. The number of nitrogens with zero attached hydrogens (tertiary/aromatic N) is 1. The molecule has 0 amide bonds. The van der Waals surface area contributed by atoms with E-state index in [1.54, 1.807) is 16.1 Å². The Labute approximate surface area is 63.4 Å². The second kappa shape index (κ2) is 2.84. The third kappa shape index (κ3) is 1.57. The van der Waals surface area contributed by atoms with Crippen LogP contribution in [0.5, 0.6) is 0 Å². The van der Waals surface area contributed by atoms with Crippen molar-refractivity contribution in [3.05, 3.63) is 33.4 Å². The van der Waals surface area contributed by atoms with Crippen LogP contribution < -0.4 is 4.87 Å². The van der Waals surface area contributed by atoms with Gasteiger partial charge in [-0.05, 0) is 6.92 Å². The summed E-state index contributed by atoms with van der Waals surface area (Å²) in [7, 11) is 0. The molecule has 2 nitrogen and oxygen atoms in total. The first-order valence-corrected chi connectivity index (χ1v) is 3.86. The Morgan fingerprint density at radius 1 is 1.90 bits per heavy atom. The second-order valence-electron chi connectivity index (χ2n) is 2.25. The highest BCUT2D eigenvalue weighted by Gasteiger charge is 1.93. The molecular weight excluding hydrogens is 146 g/mol. The van der Waals surface area contributed by atoms with Crippen molar-refractivity contribution in [1.82, 2.24) is 4.57 Å². The molecule has 0 unspecified atom stereocenters. The maximum absolute atomic E-state index is 10.9. The van der Waals surface area contributed by atoms with Gasteiger partial charge in [0.2, 0.25) is 0 Å². The number of aromatic nitrogens is 1. The van der Waals surface area contributed by atoms with Gasteiger partial charge in [0.1, 0.15) is 0 Å². The number of rotatable bonds is 2. The Kier molecular flexibility index (Phi) is 2.06. The fourth-order valence-electron chi connectivity index (χ4n) is 0.699. The molecule has 1 heterocycles. The molecule has 0 aromatic carbocycles. The van der Waals surface area contributed by atoms with Crippen molar-refractivity contribution >= 4 is 11.3 Å². The SMILES string of the molecule is C=C(C)Cn1ccsc1=O. The molecule has 54 valence electrons. The van der Waals surface area contributed by atoms with Crippen LogP contribution in [0.1, 0.15) is 6.92 Å². The summed E-state index contributed by atoms with van der Waals surface area (Å²) in [5.74, 6) is 0. The van der Waals surface area contributed by atoms with E-state index in [1.165, 1.54) is 11.3 Å². The summed E-state index contributed by atoms with van der Waals surface area (Å²) < 4.78 is 1.65. The van der Waals surface area contributed by atoms with Gasteiger partial charge in [0.25, 0.3) is 0 Å². The lowest BCUT2D eigenvalue weighted by atomic mass is 10.3. The smallest absolute Gasteiger partial charge is 0.302 e. The number of hydrogen-bond donors (Lipinski definition) is 0. The van der Waals surface area contributed by atoms with Gasteiger partial charge in [0.15, 0.2) is 0 Å². The Morgan fingerprint density at radius 2 is 2.60 bits per heavy atom. The first kappa shape index (κ1) is 7.28. The summed E-state index contributed by atoms with van der Waals surface area (Å²) in [6.07, 6.45) is 1.78. The Balaban J connectivity index is 2.85. The fraction of sp³-hybridized carbons (Fsp3) is 0.286. The van der Waals surface area contributed by atoms with E-state index in [1.807, 2.05) is 6.92 Å². The van der Waals surface area contributed by atoms with E-state index < -0.39 is 0 Å².